The molecule has 1 atom stereocenters. The minimum atomic E-state index is -0.513. The highest BCUT2D eigenvalue weighted by Gasteiger charge is 2.21. The first-order valence-electron chi connectivity index (χ1n) is 5.23. The summed E-state index contributed by atoms with van der Waals surface area (Å²) in [5, 5.41) is 9.85. The van der Waals surface area contributed by atoms with E-state index in [0.717, 1.165) is 24.3 Å². The highest BCUT2D eigenvalue weighted by molar-refractivity contribution is 7.99. The van der Waals surface area contributed by atoms with Gasteiger partial charge in [-0.1, -0.05) is 0 Å². The topological polar surface area (TPSA) is 75.1 Å². The third kappa shape index (κ3) is 1.89. The van der Waals surface area contributed by atoms with Crippen LogP contribution in [-0.2, 0) is 0 Å². The van der Waals surface area contributed by atoms with Gasteiger partial charge in [-0.2, -0.15) is 11.8 Å². The molecule has 0 aliphatic carbocycles. The summed E-state index contributed by atoms with van der Waals surface area (Å²) in [7, 11) is 0. The molecule has 1 fully saturated rings. The largest absolute Gasteiger partial charge is 0.494 e. The Hall–Kier alpha value is -1.17. The van der Waals surface area contributed by atoms with Crippen LogP contribution in [0.4, 0.5) is 0 Å². The van der Waals surface area contributed by atoms with E-state index in [0.29, 0.717) is 0 Å². The van der Waals surface area contributed by atoms with Crippen molar-refractivity contribution < 1.29 is 5.11 Å². The lowest BCUT2D eigenvalue weighted by Crippen LogP contribution is -2.35. The lowest BCUT2D eigenvalue weighted by atomic mass is 10.2. The number of aromatic nitrogens is 2. The fourth-order valence-corrected chi connectivity index (χ4v) is 3.02. The van der Waals surface area contributed by atoms with Gasteiger partial charge >= 0.3 is 5.69 Å². The van der Waals surface area contributed by atoms with Gasteiger partial charge < -0.3 is 5.11 Å². The summed E-state index contributed by atoms with van der Waals surface area (Å²) >= 11 is 1.76. The molecule has 16 heavy (non-hydrogen) atoms. The molecule has 5 nitrogen and oxygen atoms in total. The summed E-state index contributed by atoms with van der Waals surface area (Å²) in [6.07, 6.45) is 1.89. The van der Waals surface area contributed by atoms with E-state index in [-0.39, 0.29) is 17.5 Å². The fraction of sp³-hybridized carbons (Fsp3) is 0.600. The number of nitrogens with zero attached hydrogens (tertiary/aromatic N) is 1. The minimum absolute atomic E-state index is 0.0122. The van der Waals surface area contributed by atoms with Crippen LogP contribution in [0, 0.1) is 6.92 Å². The molecular formula is C10H14N2O3S. The molecule has 0 bridgehead atoms. The Morgan fingerprint density at radius 2 is 2.25 bits per heavy atom. The van der Waals surface area contributed by atoms with Gasteiger partial charge in [-0.05, 0) is 25.5 Å². The molecule has 1 unspecified atom stereocenters. The standard InChI is InChI=1S/C10H14N2O3S/c1-6-8(13)11-10(15)12(9(6)14)7-3-2-4-16-5-7/h7,14H,2-5H2,1H3,(H,11,13,15). The Balaban J connectivity index is 2.51. The van der Waals surface area contributed by atoms with Gasteiger partial charge in [-0.3, -0.25) is 14.3 Å². The Kier molecular flexibility index (Phi) is 3.09. The van der Waals surface area contributed by atoms with Gasteiger partial charge in [0.1, 0.15) is 0 Å². The molecule has 0 spiro atoms. The smallest absolute Gasteiger partial charge is 0.331 e. The van der Waals surface area contributed by atoms with Crippen molar-refractivity contribution in [3.8, 4) is 5.88 Å². The van der Waals surface area contributed by atoms with Crippen LogP contribution in [0.5, 0.6) is 5.88 Å². The molecule has 1 aromatic rings. The molecule has 1 aromatic heterocycles. The maximum atomic E-state index is 11.7. The van der Waals surface area contributed by atoms with Crippen molar-refractivity contribution in [2.45, 2.75) is 25.8 Å². The van der Waals surface area contributed by atoms with E-state index < -0.39 is 11.2 Å². The van der Waals surface area contributed by atoms with Crippen molar-refractivity contribution in [3.63, 3.8) is 0 Å². The van der Waals surface area contributed by atoms with Crippen LogP contribution in [0.25, 0.3) is 0 Å². The molecule has 1 saturated heterocycles. The van der Waals surface area contributed by atoms with Crippen molar-refractivity contribution in [2.75, 3.05) is 11.5 Å². The summed E-state index contributed by atoms with van der Waals surface area (Å²) in [6.45, 7) is 1.51. The van der Waals surface area contributed by atoms with Crippen molar-refractivity contribution in [1.82, 2.24) is 9.55 Å². The van der Waals surface area contributed by atoms with Gasteiger partial charge in [-0.25, -0.2) is 4.79 Å². The van der Waals surface area contributed by atoms with Crippen LogP contribution >= 0.6 is 11.8 Å². The highest BCUT2D eigenvalue weighted by atomic mass is 32.2. The van der Waals surface area contributed by atoms with Gasteiger partial charge in [0, 0.05) is 5.75 Å². The minimum Gasteiger partial charge on any atom is -0.494 e. The number of nitrogens with one attached hydrogen (secondary N) is 1. The van der Waals surface area contributed by atoms with E-state index in [1.54, 1.807) is 11.8 Å². The summed E-state index contributed by atoms with van der Waals surface area (Å²) in [4.78, 5) is 25.1. The maximum absolute atomic E-state index is 11.7. The predicted octanol–water partition coefficient (Wildman–Crippen LogP) is 0.619. The second kappa shape index (κ2) is 4.37. The van der Waals surface area contributed by atoms with Crippen LogP contribution in [0.1, 0.15) is 24.4 Å². The molecule has 2 rings (SSSR count). The first kappa shape index (κ1) is 11.3. The lowest BCUT2D eigenvalue weighted by Gasteiger charge is -2.24. The van der Waals surface area contributed by atoms with Gasteiger partial charge in [-0.15, -0.1) is 0 Å². The highest BCUT2D eigenvalue weighted by Crippen LogP contribution is 2.28. The zero-order valence-corrected chi connectivity index (χ0v) is 9.84. The van der Waals surface area contributed by atoms with E-state index in [1.165, 1.54) is 11.5 Å². The van der Waals surface area contributed by atoms with Crippen LogP contribution in [0.15, 0.2) is 9.59 Å². The Bertz CT molecular complexity index is 500. The Morgan fingerprint density at radius 3 is 2.88 bits per heavy atom. The van der Waals surface area contributed by atoms with Gasteiger partial charge in [0.05, 0.1) is 11.6 Å². The third-order valence-electron chi connectivity index (χ3n) is 2.84. The number of aromatic amines is 1. The molecular weight excluding hydrogens is 228 g/mol. The van der Waals surface area contributed by atoms with Crippen molar-refractivity contribution >= 4 is 11.8 Å². The number of rotatable bonds is 1. The van der Waals surface area contributed by atoms with Crippen LogP contribution in [0.3, 0.4) is 0 Å². The Labute approximate surface area is 96.5 Å². The van der Waals surface area contributed by atoms with Crippen molar-refractivity contribution in [2.24, 2.45) is 0 Å². The van der Waals surface area contributed by atoms with Crippen LogP contribution in [-0.4, -0.2) is 26.2 Å². The third-order valence-corrected chi connectivity index (χ3v) is 4.04. The number of H-pyrrole nitrogens is 1. The van der Waals surface area contributed by atoms with E-state index >= 15 is 0 Å². The first-order valence-corrected chi connectivity index (χ1v) is 6.39. The van der Waals surface area contributed by atoms with Gasteiger partial charge in [0.2, 0.25) is 5.88 Å². The summed E-state index contributed by atoms with van der Waals surface area (Å²) in [6, 6.07) is -0.0122. The van der Waals surface area contributed by atoms with Gasteiger partial charge in [0.15, 0.2) is 0 Å². The second-order valence-corrected chi connectivity index (χ2v) is 5.10. The second-order valence-electron chi connectivity index (χ2n) is 3.95. The van der Waals surface area contributed by atoms with E-state index in [9.17, 15) is 14.7 Å². The molecule has 2 heterocycles. The Morgan fingerprint density at radius 1 is 1.50 bits per heavy atom. The molecule has 6 heteroatoms. The normalized spacial score (nSPS) is 20.9. The van der Waals surface area contributed by atoms with Crippen LogP contribution in [0.2, 0.25) is 0 Å². The number of hydrogen-bond acceptors (Lipinski definition) is 4. The average Bonchev–Trinajstić information content (AvgIpc) is 2.28. The van der Waals surface area contributed by atoms with Gasteiger partial charge in [0.25, 0.3) is 5.56 Å². The van der Waals surface area contributed by atoms with Crippen LogP contribution < -0.4 is 11.2 Å². The monoisotopic (exact) mass is 242 g/mol. The number of thioether (sulfide) groups is 1. The van der Waals surface area contributed by atoms with E-state index in [1.807, 2.05) is 0 Å². The molecule has 0 aromatic carbocycles. The molecule has 0 radical (unpaired) electrons. The zero-order chi connectivity index (χ0) is 11.7. The number of aromatic hydroxyl groups is 1. The molecule has 0 saturated carbocycles. The first-order chi connectivity index (χ1) is 7.61. The fourth-order valence-electron chi connectivity index (χ4n) is 1.90. The average molecular weight is 242 g/mol. The predicted molar refractivity (Wildman–Crippen MR) is 63.3 cm³/mol. The SMILES string of the molecule is Cc1c(O)n(C2CCCSC2)c(=O)[nH]c1=O. The molecule has 2 N–H and O–H groups in total. The summed E-state index contributed by atoms with van der Waals surface area (Å²) in [5.41, 5.74) is -0.821. The molecule has 1 aliphatic heterocycles. The zero-order valence-electron chi connectivity index (χ0n) is 9.02. The van der Waals surface area contributed by atoms with Crippen molar-refractivity contribution in [3.05, 3.63) is 26.4 Å². The quantitative estimate of drug-likeness (QED) is 0.757. The number of hydrogen-bond donors (Lipinski definition) is 2. The molecule has 1 aliphatic rings. The molecule has 88 valence electrons. The molecule has 0 amide bonds. The van der Waals surface area contributed by atoms with E-state index in [2.05, 4.69) is 4.98 Å². The summed E-state index contributed by atoms with van der Waals surface area (Å²) in [5.74, 6) is 1.70. The summed E-state index contributed by atoms with van der Waals surface area (Å²) < 4.78 is 1.31. The lowest BCUT2D eigenvalue weighted by molar-refractivity contribution is 0.357. The maximum Gasteiger partial charge on any atom is 0.331 e. The van der Waals surface area contributed by atoms with E-state index in [4.69, 9.17) is 0 Å². The van der Waals surface area contributed by atoms with Crippen molar-refractivity contribution in [1.29, 1.82) is 0 Å².